The van der Waals surface area contributed by atoms with Gasteiger partial charge in [0.2, 0.25) is 0 Å². The average Bonchev–Trinajstić information content (AvgIpc) is 2.56. The van der Waals surface area contributed by atoms with E-state index in [1.807, 2.05) is 0 Å². The molecule has 1 fully saturated rings. The third-order valence-corrected chi connectivity index (χ3v) is 4.37. The molecule has 1 aromatic carbocycles. The van der Waals surface area contributed by atoms with Gasteiger partial charge in [0, 0.05) is 25.1 Å². The average molecular weight is 330 g/mol. The van der Waals surface area contributed by atoms with E-state index in [9.17, 15) is 9.18 Å². The summed E-state index contributed by atoms with van der Waals surface area (Å²) in [6, 6.07) is 8.15. The van der Waals surface area contributed by atoms with Gasteiger partial charge in [0.05, 0.1) is 11.4 Å². The normalized spacial score (nSPS) is 15.5. The van der Waals surface area contributed by atoms with Crippen LogP contribution in [-0.2, 0) is 4.79 Å². The molecule has 2 heterocycles. The maximum Gasteiger partial charge on any atom is 0.303 e. The second-order valence-electron chi connectivity index (χ2n) is 6.01. The number of rotatable bonds is 4. The number of nitrogens with two attached hydrogens (primary N) is 1. The Morgan fingerprint density at radius 2 is 2.00 bits per heavy atom. The highest BCUT2D eigenvalue weighted by Gasteiger charge is 2.23. The lowest BCUT2D eigenvalue weighted by atomic mass is 9.93. The second-order valence-corrected chi connectivity index (χ2v) is 6.01. The molecule has 0 amide bonds. The van der Waals surface area contributed by atoms with Crippen molar-refractivity contribution in [2.45, 2.75) is 19.3 Å². The lowest BCUT2D eigenvalue weighted by Crippen LogP contribution is -2.35. The molecule has 1 aromatic heterocycles. The highest BCUT2D eigenvalue weighted by atomic mass is 19.1. The largest absolute Gasteiger partial charge is 0.481 e. The summed E-state index contributed by atoms with van der Waals surface area (Å²) >= 11 is 0. The number of carboxylic acids is 1. The van der Waals surface area contributed by atoms with E-state index in [-0.39, 0.29) is 18.2 Å². The van der Waals surface area contributed by atoms with Crippen molar-refractivity contribution in [3.8, 4) is 11.3 Å². The molecule has 0 aliphatic carbocycles. The minimum absolute atomic E-state index is 0.181. The fraction of sp³-hybridized carbons (Fsp3) is 0.353. The van der Waals surface area contributed by atoms with Gasteiger partial charge in [-0.3, -0.25) is 4.79 Å². The maximum absolute atomic E-state index is 14.0. The molecule has 0 spiro atoms. The van der Waals surface area contributed by atoms with E-state index in [0.717, 1.165) is 18.5 Å². The molecule has 2 aromatic rings. The third kappa shape index (κ3) is 3.45. The summed E-state index contributed by atoms with van der Waals surface area (Å²) in [4.78, 5) is 12.9. The molecule has 0 saturated carbocycles. The van der Waals surface area contributed by atoms with Crippen molar-refractivity contribution in [3.63, 3.8) is 0 Å². The van der Waals surface area contributed by atoms with Crippen LogP contribution < -0.4 is 10.6 Å². The summed E-state index contributed by atoms with van der Waals surface area (Å²) in [6.45, 7) is 1.40. The van der Waals surface area contributed by atoms with E-state index in [1.54, 1.807) is 24.3 Å². The molecule has 0 atom stereocenters. The Bertz CT molecular complexity index is 745. The van der Waals surface area contributed by atoms with Gasteiger partial charge in [-0.25, -0.2) is 4.39 Å². The SMILES string of the molecule is Nc1nnc(-c2ccccc2F)cc1N1CCC(CC(=O)O)CC1. The number of nitrogens with zero attached hydrogens (tertiary/aromatic N) is 3. The van der Waals surface area contributed by atoms with Crippen molar-refractivity contribution in [1.29, 1.82) is 0 Å². The molecule has 1 saturated heterocycles. The highest BCUT2D eigenvalue weighted by Crippen LogP contribution is 2.31. The van der Waals surface area contributed by atoms with Crippen LogP contribution in [0.1, 0.15) is 19.3 Å². The zero-order valence-electron chi connectivity index (χ0n) is 13.2. The molecule has 1 aliphatic rings. The molecule has 1 aliphatic heterocycles. The van der Waals surface area contributed by atoms with Gasteiger partial charge in [0.25, 0.3) is 0 Å². The lowest BCUT2D eigenvalue weighted by Gasteiger charge is -2.33. The first kappa shape index (κ1) is 16.2. The summed E-state index contributed by atoms with van der Waals surface area (Å²) in [6.07, 6.45) is 1.75. The number of benzene rings is 1. The van der Waals surface area contributed by atoms with Crippen molar-refractivity contribution in [3.05, 3.63) is 36.1 Å². The number of anilines is 2. The third-order valence-electron chi connectivity index (χ3n) is 4.37. The van der Waals surface area contributed by atoms with E-state index in [1.165, 1.54) is 6.07 Å². The van der Waals surface area contributed by atoms with E-state index in [2.05, 4.69) is 15.1 Å². The Kier molecular flexibility index (Phi) is 4.59. The fourth-order valence-corrected chi connectivity index (χ4v) is 3.07. The van der Waals surface area contributed by atoms with Crippen molar-refractivity contribution < 1.29 is 14.3 Å². The molecule has 3 N–H and O–H groups in total. The van der Waals surface area contributed by atoms with Crippen LogP contribution in [0.5, 0.6) is 0 Å². The number of halogens is 1. The van der Waals surface area contributed by atoms with E-state index >= 15 is 0 Å². The van der Waals surface area contributed by atoms with Gasteiger partial charge < -0.3 is 15.7 Å². The quantitative estimate of drug-likeness (QED) is 0.895. The van der Waals surface area contributed by atoms with E-state index in [0.29, 0.717) is 30.2 Å². The zero-order valence-corrected chi connectivity index (χ0v) is 13.2. The fourth-order valence-electron chi connectivity index (χ4n) is 3.07. The number of aromatic nitrogens is 2. The first-order valence-electron chi connectivity index (χ1n) is 7.89. The first-order chi connectivity index (χ1) is 11.5. The van der Waals surface area contributed by atoms with E-state index in [4.69, 9.17) is 10.8 Å². The Hall–Kier alpha value is -2.70. The van der Waals surface area contributed by atoms with Gasteiger partial charge in [-0.15, -0.1) is 10.2 Å². The van der Waals surface area contributed by atoms with Crippen molar-refractivity contribution in [2.24, 2.45) is 5.92 Å². The predicted octanol–water partition coefficient (Wildman–Crippen LogP) is 2.56. The number of nitrogen functional groups attached to an aromatic ring is 1. The van der Waals surface area contributed by atoms with Crippen LogP contribution in [0.3, 0.4) is 0 Å². The Balaban J connectivity index is 1.81. The summed E-state index contributed by atoms with van der Waals surface area (Å²) in [7, 11) is 0. The standard InChI is InChI=1S/C17H19FN4O2/c18-13-4-2-1-3-12(13)14-10-15(17(19)21-20-14)22-7-5-11(6-8-22)9-16(23)24/h1-4,10-11H,5-9H2,(H2,19,21)(H,23,24). The van der Waals surface area contributed by atoms with Gasteiger partial charge in [-0.2, -0.15) is 0 Å². The van der Waals surface area contributed by atoms with Crippen molar-refractivity contribution in [1.82, 2.24) is 10.2 Å². The predicted molar refractivity (Wildman–Crippen MR) is 89.0 cm³/mol. The first-order valence-corrected chi connectivity index (χ1v) is 7.89. The monoisotopic (exact) mass is 330 g/mol. The number of hydrogen-bond acceptors (Lipinski definition) is 5. The van der Waals surface area contributed by atoms with Gasteiger partial charge in [-0.05, 0) is 37.0 Å². The van der Waals surface area contributed by atoms with Crippen LogP contribution in [0.2, 0.25) is 0 Å². The van der Waals surface area contributed by atoms with Crippen LogP contribution in [0.15, 0.2) is 30.3 Å². The number of piperidine rings is 1. The topological polar surface area (TPSA) is 92.3 Å². The molecule has 126 valence electrons. The van der Waals surface area contributed by atoms with Crippen LogP contribution in [-0.4, -0.2) is 34.4 Å². The number of aliphatic carboxylic acids is 1. The lowest BCUT2D eigenvalue weighted by molar-refractivity contribution is -0.138. The summed E-state index contributed by atoms with van der Waals surface area (Å²) < 4.78 is 14.0. The number of carbonyl (C=O) groups is 1. The van der Waals surface area contributed by atoms with Gasteiger partial charge >= 0.3 is 5.97 Å². The maximum atomic E-state index is 14.0. The molecule has 6 nitrogen and oxygen atoms in total. The minimum atomic E-state index is -0.764. The smallest absolute Gasteiger partial charge is 0.303 e. The summed E-state index contributed by atoms with van der Waals surface area (Å²) in [5, 5.41) is 16.9. The highest BCUT2D eigenvalue weighted by molar-refractivity contribution is 5.71. The van der Waals surface area contributed by atoms with Gasteiger partial charge in [-0.1, -0.05) is 12.1 Å². The Labute approximate surface area is 139 Å². The van der Waals surface area contributed by atoms with Crippen LogP contribution in [0, 0.1) is 11.7 Å². The minimum Gasteiger partial charge on any atom is -0.481 e. The Morgan fingerprint density at radius 1 is 1.29 bits per heavy atom. The number of hydrogen-bond donors (Lipinski definition) is 2. The van der Waals surface area contributed by atoms with Crippen molar-refractivity contribution in [2.75, 3.05) is 23.7 Å². The zero-order chi connectivity index (χ0) is 17.1. The van der Waals surface area contributed by atoms with Crippen LogP contribution >= 0.6 is 0 Å². The van der Waals surface area contributed by atoms with Crippen LogP contribution in [0.25, 0.3) is 11.3 Å². The molecule has 0 radical (unpaired) electrons. The van der Waals surface area contributed by atoms with Crippen molar-refractivity contribution >= 4 is 17.5 Å². The molecular weight excluding hydrogens is 311 g/mol. The van der Waals surface area contributed by atoms with Crippen LogP contribution in [0.4, 0.5) is 15.9 Å². The molecule has 0 unspecified atom stereocenters. The summed E-state index contributed by atoms with van der Waals surface area (Å²) in [5.41, 5.74) is 7.48. The number of carboxylic acid groups (broad SMARTS) is 1. The van der Waals surface area contributed by atoms with Gasteiger partial charge in [0.15, 0.2) is 5.82 Å². The van der Waals surface area contributed by atoms with Gasteiger partial charge in [0.1, 0.15) is 5.82 Å². The molecule has 3 rings (SSSR count). The molecular formula is C17H19FN4O2. The molecule has 24 heavy (non-hydrogen) atoms. The second kappa shape index (κ2) is 6.82. The summed E-state index contributed by atoms with van der Waals surface area (Å²) in [5.74, 6) is -0.643. The Morgan fingerprint density at radius 3 is 2.67 bits per heavy atom. The van der Waals surface area contributed by atoms with E-state index < -0.39 is 5.97 Å². The molecule has 7 heteroatoms. The molecule has 0 bridgehead atoms.